The van der Waals surface area contributed by atoms with Gasteiger partial charge in [-0.25, -0.2) is 0 Å². The smallest absolute Gasteiger partial charge is 0.130 e. The summed E-state index contributed by atoms with van der Waals surface area (Å²) in [6, 6.07) is 0. The van der Waals surface area contributed by atoms with E-state index in [1.165, 1.54) is 0 Å². The van der Waals surface area contributed by atoms with Gasteiger partial charge in [-0.3, -0.25) is 0 Å². The highest BCUT2D eigenvalue weighted by Crippen LogP contribution is 2.52. The van der Waals surface area contributed by atoms with Crippen molar-refractivity contribution in [2.75, 3.05) is 0 Å². The van der Waals surface area contributed by atoms with Crippen LogP contribution in [0.15, 0.2) is 0 Å². The molecule has 0 N–H and O–H groups in total. The van der Waals surface area contributed by atoms with Crippen LogP contribution in [0.1, 0.15) is 0 Å². The molecule has 0 nitrogen and oxygen atoms in total. The minimum absolute atomic E-state index is 1.05. The average molecular weight is 369 g/mol. The molecule has 1 rings (SSSR count). The van der Waals surface area contributed by atoms with Gasteiger partial charge in [0.1, 0.15) is 6.42 Å². The molecule has 0 atom stereocenters. The summed E-state index contributed by atoms with van der Waals surface area (Å²) in [7, 11) is -5.66. The molecular formula is C11H33ClSi6. The molecule has 0 aromatic heterocycles. The Morgan fingerprint density at radius 3 is 0.778 bits per heavy atom. The zero-order valence-electron chi connectivity index (χ0n) is 14.4. The van der Waals surface area contributed by atoms with E-state index in [1.54, 1.807) is 0 Å². The molecule has 0 aromatic rings. The van der Waals surface area contributed by atoms with E-state index in [2.05, 4.69) is 72.0 Å². The summed E-state index contributed by atoms with van der Waals surface area (Å²) in [4.78, 5) is 0. The first-order valence-corrected chi connectivity index (χ1v) is 31.7. The zero-order valence-corrected chi connectivity index (χ0v) is 21.1. The highest BCUT2D eigenvalue weighted by atomic mass is 35.6. The predicted octanol–water partition coefficient (Wildman–Crippen LogP) is 4.83. The summed E-state index contributed by atoms with van der Waals surface area (Å²) >= 11 is 7.51. The topological polar surface area (TPSA) is 0 Å². The Kier molecular flexibility index (Phi) is 3.99. The summed E-state index contributed by atoms with van der Waals surface area (Å²) in [5.74, 6) is 0. The maximum absolute atomic E-state index is 7.51. The third-order valence-corrected chi connectivity index (χ3v) is 167. The Labute approximate surface area is 124 Å². The third-order valence-electron chi connectivity index (χ3n) is 8.60. The zero-order chi connectivity index (χ0) is 15.0. The molecule has 18 heavy (non-hydrogen) atoms. The van der Waals surface area contributed by atoms with Crippen LogP contribution in [0, 0.1) is 0 Å². The van der Waals surface area contributed by atoms with Gasteiger partial charge in [0.2, 0.25) is 0 Å². The van der Waals surface area contributed by atoms with Crippen molar-refractivity contribution in [2.45, 2.75) is 72.0 Å². The predicted molar refractivity (Wildman–Crippen MR) is 105 cm³/mol. The van der Waals surface area contributed by atoms with Crippen molar-refractivity contribution in [1.29, 1.82) is 0 Å². The quantitative estimate of drug-likeness (QED) is 0.424. The minimum atomic E-state index is -1.50. The Bertz CT molecular complexity index is 253. The molecule has 0 saturated carbocycles. The molecule has 0 radical (unpaired) electrons. The van der Waals surface area contributed by atoms with E-state index in [-0.39, 0.29) is 0 Å². The molecule has 1 aliphatic rings. The van der Waals surface area contributed by atoms with Crippen LogP contribution in [-0.4, -0.2) is 42.0 Å². The molecule has 1 saturated heterocycles. The van der Waals surface area contributed by atoms with Crippen LogP contribution < -0.4 is 0 Å². The van der Waals surface area contributed by atoms with Gasteiger partial charge >= 0.3 is 0 Å². The van der Waals surface area contributed by atoms with Gasteiger partial charge in [-0.15, -0.1) is 0 Å². The molecule has 0 aromatic carbocycles. The molecule has 0 bridgehead atoms. The van der Waals surface area contributed by atoms with E-state index in [0.29, 0.717) is 0 Å². The number of rotatable bonds is 0. The molecule has 0 amide bonds. The second kappa shape index (κ2) is 4.07. The third kappa shape index (κ3) is 1.57. The normalized spacial score (nSPS) is 34.0. The molecule has 0 unspecified atom stereocenters. The lowest BCUT2D eigenvalue weighted by Gasteiger charge is -2.71. The summed E-state index contributed by atoms with van der Waals surface area (Å²) in [5, 5.41) is 0. The fourth-order valence-electron chi connectivity index (χ4n) is 4.30. The monoisotopic (exact) mass is 368 g/mol. The van der Waals surface area contributed by atoms with Gasteiger partial charge in [0.25, 0.3) is 0 Å². The second-order valence-electron chi connectivity index (χ2n) is 9.13. The van der Waals surface area contributed by atoms with Crippen molar-refractivity contribution in [2.24, 2.45) is 0 Å². The minimum Gasteiger partial charge on any atom is -0.175 e. The van der Waals surface area contributed by atoms with Crippen LogP contribution in [0.3, 0.4) is 0 Å². The van der Waals surface area contributed by atoms with Crippen LogP contribution in [0.5, 0.6) is 0 Å². The van der Waals surface area contributed by atoms with Gasteiger partial charge < -0.3 is 0 Å². The standard InChI is InChI=1S/C11H33ClSi6/c1-13(2)14(3,4)16(7,8)18(11,12)17(9,10)15(13,5)6/h1-11H3. The first kappa shape index (κ1) is 17.6. The highest BCUT2D eigenvalue weighted by molar-refractivity contribution is 8.17. The first-order chi connectivity index (χ1) is 7.50. The fraction of sp³-hybridized carbons (Fsp3) is 1.00. The van der Waals surface area contributed by atoms with Crippen molar-refractivity contribution >= 4 is 53.0 Å². The maximum atomic E-state index is 7.51. The Morgan fingerprint density at radius 1 is 0.389 bits per heavy atom. The first-order valence-electron chi connectivity index (χ1n) is 7.19. The number of hydrogen-bond donors (Lipinski definition) is 0. The fourth-order valence-corrected chi connectivity index (χ4v) is 251. The van der Waals surface area contributed by atoms with E-state index >= 15 is 0 Å². The SMILES string of the molecule is C[Si]1(C)[Si](C)(C)[Si](C)(C)[Si](C)(Cl)[Si](C)(C)[Si]1(C)C. The van der Waals surface area contributed by atoms with Gasteiger partial charge in [0.15, 0.2) is 0 Å². The lowest BCUT2D eigenvalue weighted by molar-refractivity contribution is 1.74. The van der Waals surface area contributed by atoms with Gasteiger partial charge in [-0.05, 0) is 0 Å². The van der Waals surface area contributed by atoms with E-state index in [4.69, 9.17) is 11.1 Å². The van der Waals surface area contributed by atoms with E-state index in [1.807, 2.05) is 0 Å². The molecule has 0 spiro atoms. The van der Waals surface area contributed by atoms with Gasteiger partial charge in [-0.1, -0.05) is 72.0 Å². The van der Waals surface area contributed by atoms with Crippen molar-refractivity contribution in [3.63, 3.8) is 0 Å². The maximum Gasteiger partial charge on any atom is 0.130 e. The average Bonchev–Trinajstić information content (AvgIpc) is 2.14. The van der Waals surface area contributed by atoms with Crippen molar-refractivity contribution in [3.8, 4) is 0 Å². The molecule has 1 heterocycles. The largest absolute Gasteiger partial charge is 0.175 e. The molecule has 1 aliphatic heterocycles. The van der Waals surface area contributed by atoms with Crippen molar-refractivity contribution in [1.82, 2.24) is 0 Å². The van der Waals surface area contributed by atoms with Crippen LogP contribution in [0.2, 0.25) is 72.0 Å². The lowest BCUT2D eigenvalue weighted by atomic mass is 11.9. The Hall–Kier alpha value is 1.59. The summed E-state index contributed by atoms with van der Waals surface area (Å²) in [5.41, 5.74) is 0. The lowest BCUT2D eigenvalue weighted by Crippen LogP contribution is -3.00. The molecule has 0 aliphatic carbocycles. The summed E-state index contributed by atoms with van der Waals surface area (Å²) < 4.78 is 0. The van der Waals surface area contributed by atoms with Gasteiger partial charge in [-0.2, -0.15) is 11.1 Å². The van der Waals surface area contributed by atoms with Gasteiger partial charge in [0.05, 0.1) is 0 Å². The molecule has 1 fully saturated rings. The molecule has 7 heteroatoms. The van der Waals surface area contributed by atoms with E-state index in [0.717, 1.165) is 0 Å². The Morgan fingerprint density at radius 2 is 0.556 bits per heavy atom. The van der Waals surface area contributed by atoms with Crippen LogP contribution in [0.4, 0.5) is 0 Å². The number of hydrogen-bond acceptors (Lipinski definition) is 0. The van der Waals surface area contributed by atoms with Gasteiger partial charge in [0, 0.05) is 35.5 Å². The second-order valence-corrected chi connectivity index (χ2v) is 84.1. The summed E-state index contributed by atoms with van der Waals surface area (Å²) in [6.45, 7) is 29.9. The summed E-state index contributed by atoms with van der Waals surface area (Å²) in [6.07, 6.45) is -1.50. The molecular weight excluding hydrogens is 336 g/mol. The highest BCUT2D eigenvalue weighted by Gasteiger charge is 2.77. The number of halogens is 1. The van der Waals surface area contributed by atoms with Crippen LogP contribution >= 0.6 is 11.1 Å². The van der Waals surface area contributed by atoms with E-state index in [9.17, 15) is 0 Å². The van der Waals surface area contributed by atoms with Crippen LogP contribution in [-0.2, 0) is 0 Å². The molecule has 108 valence electrons. The van der Waals surface area contributed by atoms with Crippen molar-refractivity contribution < 1.29 is 0 Å². The van der Waals surface area contributed by atoms with Crippen LogP contribution in [0.25, 0.3) is 0 Å². The van der Waals surface area contributed by atoms with E-state index < -0.39 is 42.0 Å². The van der Waals surface area contributed by atoms with Crippen molar-refractivity contribution in [3.05, 3.63) is 0 Å². The Balaban J connectivity index is 3.72.